The van der Waals surface area contributed by atoms with E-state index in [9.17, 15) is 14.7 Å². The van der Waals surface area contributed by atoms with Gasteiger partial charge in [0, 0.05) is 25.9 Å². The summed E-state index contributed by atoms with van der Waals surface area (Å²) in [5.74, 6) is 0.678. The molecule has 0 aromatic heterocycles. The number of nitrogens with one attached hydrogen (secondary N) is 1. The number of aliphatic hydroxyl groups excluding tert-OH is 1. The number of fused-ring (bicyclic) bond motifs is 1. The summed E-state index contributed by atoms with van der Waals surface area (Å²) in [6.07, 6.45) is 2.18. The van der Waals surface area contributed by atoms with Crippen molar-refractivity contribution in [2.45, 2.75) is 31.8 Å². The van der Waals surface area contributed by atoms with Crippen LogP contribution < -0.4 is 5.43 Å². The number of likely N-dealkylation sites (tertiary alicyclic amines) is 1. The summed E-state index contributed by atoms with van der Waals surface area (Å²) in [4.78, 5) is 25.0. The molecule has 2 fully saturated rings. The molecule has 2 aliphatic heterocycles. The van der Waals surface area contributed by atoms with Crippen LogP contribution in [0.2, 0.25) is 0 Å². The molecule has 1 unspecified atom stereocenters. The largest absolute Gasteiger partial charge is 0.393 e. The van der Waals surface area contributed by atoms with E-state index in [1.165, 1.54) is 0 Å². The Labute approximate surface area is 105 Å². The quantitative estimate of drug-likeness (QED) is 0.658. The Balaban J connectivity index is 1.63. The Hall–Kier alpha value is -1.43. The lowest BCUT2D eigenvalue weighted by Crippen LogP contribution is -2.39. The number of aliphatic hydroxyl groups is 1. The minimum atomic E-state index is -0.191. The van der Waals surface area contributed by atoms with Gasteiger partial charge in [0.25, 0.3) is 5.91 Å². The number of carbonyl (C=O) groups is 2. The predicted molar refractivity (Wildman–Crippen MR) is 63.6 cm³/mol. The summed E-state index contributed by atoms with van der Waals surface area (Å²) in [6, 6.07) is 0. The topological polar surface area (TPSA) is 82.0 Å². The zero-order valence-corrected chi connectivity index (χ0v) is 10.1. The molecule has 3 aliphatic rings. The van der Waals surface area contributed by atoms with E-state index in [0.29, 0.717) is 43.5 Å². The first-order chi connectivity index (χ1) is 8.63. The van der Waals surface area contributed by atoms with Crippen LogP contribution in [0.1, 0.15) is 25.7 Å². The van der Waals surface area contributed by atoms with Gasteiger partial charge in [0.2, 0.25) is 5.91 Å². The van der Waals surface area contributed by atoms with Crippen LogP contribution in [0.5, 0.6) is 0 Å². The molecule has 6 heteroatoms. The molecule has 98 valence electrons. The third-order valence-corrected chi connectivity index (χ3v) is 4.16. The molecule has 1 aliphatic carbocycles. The zero-order valence-electron chi connectivity index (χ0n) is 10.1. The molecule has 0 aromatic carbocycles. The predicted octanol–water partition coefficient (Wildman–Crippen LogP) is -0.518. The van der Waals surface area contributed by atoms with Crippen molar-refractivity contribution in [3.05, 3.63) is 0 Å². The van der Waals surface area contributed by atoms with Crippen molar-refractivity contribution in [2.75, 3.05) is 13.1 Å². The molecule has 3 rings (SSSR count). The van der Waals surface area contributed by atoms with Gasteiger partial charge in [0.05, 0.1) is 6.10 Å². The lowest BCUT2D eigenvalue weighted by atomic mass is 10.0. The summed E-state index contributed by atoms with van der Waals surface area (Å²) in [7, 11) is 0. The summed E-state index contributed by atoms with van der Waals surface area (Å²) < 4.78 is 0. The van der Waals surface area contributed by atoms with Crippen molar-refractivity contribution in [1.29, 1.82) is 0 Å². The van der Waals surface area contributed by atoms with Gasteiger partial charge in [-0.15, -0.1) is 0 Å². The van der Waals surface area contributed by atoms with Crippen LogP contribution in [0.25, 0.3) is 0 Å². The normalized spacial score (nSPS) is 35.2. The second-order valence-corrected chi connectivity index (χ2v) is 5.45. The standard InChI is InChI=1S/C12H17N3O3/c16-9-3-7-5-15(6-8(7)4-9)12(18)10-1-2-11(17)14-13-10/h7-9,16H,1-6H2,(H,14,17)/t7-,8+,9?. The second-order valence-electron chi connectivity index (χ2n) is 5.45. The molecule has 2 amide bonds. The number of hydrogen-bond acceptors (Lipinski definition) is 4. The number of hydrogen-bond donors (Lipinski definition) is 2. The van der Waals surface area contributed by atoms with Crippen LogP contribution in [-0.4, -0.2) is 46.7 Å². The van der Waals surface area contributed by atoms with E-state index in [0.717, 1.165) is 12.8 Å². The Morgan fingerprint density at radius 2 is 1.94 bits per heavy atom. The van der Waals surface area contributed by atoms with E-state index >= 15 is 0 Å². The van der Waals surface area contributed by atoms with Crippen molar-refractivity contribution in [1.82, 2.24) is 10.3 Å². The monoisotopic (exact) mass is 251 g/mol. The Morgan fingerprint density at radius 3 is 2.50 bits per heavy atom. The highest BCUT2D eigenvalue weighted by atomic mass is 16.3. The molecule has 18 heavy (non-hydrogen) atoms. The van der Waals surface area contributed by atoms with E-state index in [-0.39, 0.29) is 17.9 Å². The number of rotatable bonds is 1. The molecule has 2 heterocycles. The van der Waals surface area contributed by atoms with Crippen molar-refractivity contribution in [3.8, 4) is 0 Å². The fourth-order valence-corrected chi connectivity index (χ4v) is 3.24. The van der Waals surface area contributed by atoms with Gasteiger partial charge in [0.15, 0.2) is 0 Å². The zero-order chi connectivity index (χ0) is 12.7. The van der Waals surface area contributed by atoms with Gasteiger partial charge in [-0.3, -0.25) is 9.59 Å². The molecule has 0 aromatic rings. The van der Waals surface area contributed by atoms with Crippen LogP contribution in [0, 0.1) is 11.8 Å². The van der Waals surface area contributed by atoms with Crippen LogP contribution in [-0.2, 0) is 9.59 Å². The molecule has 1 saturated carbocycles. The minimum absolute atomic E-state index is 0.0566. The highest BCUT2D eigenvalue weighted by molar-refractivity contribution is 6.39. The van der Waals surface area contributed by atoms with Gasteiger partial charge in [0.1, 0.15) is 5.71 Å². The lowest BCUT2D eigenvalue weighted by Gasteiger charge is -2.20. The van der Waals surface area contributed by atoms with Gasteiger partial charge in [-0.25, -0.2) is 5.43 Å². The average molecular weight is 251 g/mol. The van der Waals surface area contributed by atoms with Crippen molar-refractivity contribution in [3.63, 3.8) is 0 Å². The number of carbonyl (C=O) groups excluding carboxylic acids is 2. The van der Waals surface area contributed by atoms with Crippen molar-refractivity contribution < 1.29 is 14.7 Å². The van der Waals surface area contributed by atoms with Crippen molar-refractivity contribution in [2.24, 2.45) is 16.9 Å². The maximum absolute atomic E-state index is 12.2. The summed E-state index contributed by atoms with van der Waals surface area (Å²) in [5, 5.41) is 13.4. The molecular formula is C12H17N3O3. The number of amides is 2. The lowest BCUT2D eigenvalue weighted by molar-refractivity contribution is -0.124. The first-order valence-electron chi connectivity index (χ1n) is 6.46. The van der Waals surface area contributed by atoms with Gasteiger partial charge in [-0.05, 0) is 24.7 Å². The van der Waals surface area contributed by atoms with Gasteiger partial charge in [-0.2, -0.15) is 5.10 Å². The fourth-order valence-electron chi connectivity index (χ4n) is 3.24. The average Bonchev–Trinajstić information content (AvgIpc) is 2.86. The van der Waals surface area contributed by atoms with Crippen LogP contribution in [0.4, 0.5) is 0 Å². The van der Waals surface area contributed by atoms with E-state index in [1.54, 1.807) is 0 Å². The Morgan fingerprint density at radius 1 is 1.28 bits per heavy atom. The van der Waals surface area contributed by atoms with Crippen molar-refractivity contribution >= 4 is 17.5 Å². The molecule has 1 saturated heterocycles. The van der Waals surface area contributed by atoms with Crippen LogP contribution >= 0.6 is 0 Å². The van der Waals surface area contributed by atoms with Gasteiger partial charge >= 0.3 is 0 Å². The van der Waals surface area contributed by atoms with Gasteiger partial charge < -0.3 is 10.0 Å². The van der Waals surface area contributed by atoms with E-state index in [1.807, 2.05) is 4.90 Å². The van der Waals surface area contributed by atoms with E-state index in [4.69, 9.17) is 0 Å². The highest BCUT2D eigenvalue weighted by Gasteiger charge is 2.42. The third kappa shape index (κ3) is 2.01. The maximum atomic E-state index is 12.2. The first kappa shape index (κ1) is 11.6. The smallest absolute Gasteiger partial charge is 0.270 e. The Bertz CT molecular complexity index is 407. The van der Waals surface area contributed by atoms with Gasteiger partial charge in [-0.1, -0.05) is 0 Å². The summed E-state index contributed by atoms with van der Waals surface area (Å²) >= 11 is 0. The molecule has 0 radical (unpaired) electrons. The van der Waals surface area contributed by atoms with E-state index in [2.05, 4.69) is 10.5 Å². The minimum Gasteiger partial charge on any atom is -0.393 e. The molecule has 6 nitrogen and oxygen atoms in total. The fraction of sp³-hybridized carbons (Fsp3) is 0.750. The van der Waals surface area contributed by atoms with E-state index < -0.39 is 0 Å². The summed E-state index contributed by atoms with van der Waals surface area (Å²) in [6.45, 7) is 1.43. The summed E-state index contributed by atoms with van der Waals surface area (Å²) in [5.41, 5.74) is 2.81. The molecular weight excluding hydrogens is 234 g/mol. The van der Waals surface area contributed by atoms with Crippen LogP contribution in [0.3, 0.4) is 0 Å². The van der Waals surface area contributed by atoms with Crippen LogP contribution in [0.15, 0.2) is 5.10 Å². The third-order valence-electron chi connectivity index (χ3n) is 4.16. The maximum Gasteiger partial charge on any atom is 0.270 e. The molecule has 3 atom stereocenters. The molecule has 2 N–H and O–H groups in total. The second kappa shape index (κ2) is 4.35. The number of nitrogens with zero attached hydrogens (tertiary/aromatic N) is 2. The highest BCUT2D eigenvalue weighted by Crippen LogP contribution is 2.38. The SMILES string of the molecule is O=C1CCC(C(=O)N2C[C@H]3CC(O)C[C@H]3C2)=NN1. The molecule has 0 spiro atoms. The molecule has 0 bridgehead atoms. The Kier molecular flexibility index (Phi) is 2.81. The number of hydrazone groups is 1. The first-order valence-corrected chi connectivity index (χ1v) is 6.46.